The average Bonchev–Trinajstić information content (AvgIpc) is 3.11. The third-order valence-corrected chi connectivity index (χ3v) is 6.39. The van der Waals surface area contributed by atoms with Gasteiger partial charge >= 0.3 is 24.1 Å². The summed E-state index contributed by atoms with van der Waals surface area (Å²) in [5.41, 5.74) is -1.39. The molecule has 0 aromatic heterocycles. The van der Waals surface area contributed by atoms with Crippen molar-refractivity contribution in [2.75, 3.05) is 45.9 Å². The normalized spacial score (nSPS) is 23.8. The van der Waals surface area contributed by atoms with Gasteiger partial charge in [0, 0.05) is 25.7 Å². The van der Waals surface area contributed by atoms with Crippen LogP contribution in [0.2, 0.25) is 0 Å². The molecule has 3 aliphatic heterocycles. The summed E-state index contributed by atoms with van der Waals surface area (Å²) in [5.74, 6) is -1.01. The molecule has 0 spiro atoms. The van der Waals surface area contributed by atoms with Crippen molar-refractivity contribution in [2.24, 2.45) is 5.92 Å². The predicted molar refractivity (Wildman–Crippen MR) is 118 cm³/mol. The molecule has 1 unspecified atom stereocenters. The molecule has 0 radical (unpaired) electrons. The van der Waals surface area contributed by atoms with E-state index in [0.29, 0.717) is 12.5 Å². The zero-order valence-corrected chi connectivity index (χ0v) is 19.8. The summed E-state index contributed by atoms with van der Waals surface area (Å²) in [6.45, 7) is 6.03. The highest BCUT2D eigenvalue weighted by Gasteiger charge is 2.56. The minimum Gasteiger partial charge on any atom is -0.475 e. The summed E-state index contributed by atoms with van der Waals surface area (Å²) < 4.78 is 37.0. The number of alkyl halides is 3. The summed E-state index contributed by atoms with van der Waals surface area (Å²) in [4.78, 5) is 48.0. The number of ether oxygens (including phenoxy) is 1. The number of carboxylic acid groups (broad SMARTS) is 1. The van der Waals surface area contributed by atoms with E-state index in [1.807, 2.05) is 5.01 Å². The molecule has 0 bridgehead atoms. The van der Waals surface area contributed by atoms with Gasteiger partial charge < -0.3 is 20.1 Å². The number of carboxylic acids is 1. The van der Waals surface area contributed by atoms with Gasteiger partial charge in [-0.15, -0.1) is 0 Å². The van der Waals surface area contributed by atoms with Gasteiger partial charge in [-0.25, -0.2) is 24.2 Å². The number of hydrogen-bond acceptors (Lipinski definition) is 7. The molecule has 0 saturated carbocycles. The van der Waals surface area contributed by atoms with Crippen LogP contribution in [0, 0.1) is 5.92 Å². The highest BCUT2D eigenvalue weighted by atomic mass is 19.4. The molecule has 2 N–H and O–H groups in total. The highest BCUT2D eigenvalue weighted by molar-refractivity contribution is 5.94. The van der Waals surface area contributed by atoms with Crippen LogP contribution in [0.15, 0.2) is 6.08 Å². The Hall–Kier alpha value is -2.63. The molecule has 3 rings (SSSR count). The SMILES string of the molecule is CCOC(=O)C1(C=C=O)CN(N2CCCCC2)C(=O)N1CCC1CCNCC1.O=C(O)C(F)(F)F. The van der Waals surface area contributed by atoms with E-state index in [2.05, 4.69) is 5.32 Å². The number of hydrazine groups is 1. The van der Waals surface area contributed by atoms with Crippen LogP contribution in [-0.4, -0.2) is 102 Å². The van der Waals surface area contributed by atoms with E-state index in [1.54, 1.807) is 22.8 Å². The van der Waals surface area contributed by atoms with Gasteiger partial charge in [0.25, 0.3) is 0 Å². The summed E-state index contributed by atoms with van der Waals surface area (Å²) in [6, 6.07) is -0.213. The standard InChI is InChI=1S/C20H32N4O4.C2HF3O2/c1-2-28-18(26)20(9-15-25)16-24(22-12-4-3-5-13-22)19(27)23(20)14-8-17-6-10-21-11-7-17;3-2(4,5)1(6)7/h9,17,21H,2-8,10-14,16H2,1H3;(H,6,7). The Morgan fingerprint density at radius 1 is 1.23 bits per heavy atom. The maximum absolute atomic E-state index is 13.3. The first-order valence-electron chi connectivity index (χ1n) is 11.8. The minimum atomic E-state index is -5.08. The molecule has 0 aromatic carbocycles. The van der Waals surface area contributed by atoms with Crippen molar-refractivity contribution >= 4 is 23.9 Å². The summed E-state index contributed by atoms with van der Waals surface area (Å²) in [7, 11) is 0. The molecule has 1 atom stereocenters. The number of nitrogens with one attached hydrogen (secondary N) is 1. The van der Waals surface area contributed by atoms with E-state index >= 15 is 0 Å². The van der Waals surface area contributed by atoms with Gasteiger partial charge in [0.1, 0.15) is 5.94 Å². The predicted octanol–water partition coefficient (Wildman–Crippen LogP) is 1.84. The van der Waals surface area contributed by atoms with Crippen molar-refractivity contribution < 1.29 is 42.2 Å². The lowest BCUT2D eigenvalue weighted by molar-refractivity contribution is -0.192. The van der Waals surface area contributed by atoms with Crippen LogP contribution in [0.4, 0.5) is 18.0 Å². The summed E-state index contributed by atoms with van der Waals surface area (Å²) in [5, 5.41) is 14.1. The first-order chi connectivity index (χ1) is 16.6. The third kappa shape index (κ3) is 7.42. The number of halogens is 3. The minimum absolute atomic E-state index is 0.117. The first-order valence-corrected chi connectivity index (χ1v) is 11.8. The Morgan fingerprint density at radius 2 is 1.83 bits per heavy atom. The molecule has 3 aliphatic rings. The second-order valence-corrected chi connectivity index (χ2v) is 8.70. The average molecular weight is 507 g/mol. The molecule has 0 aromatic rings. The topological polar surface area (TPSA) is 119 Å². The maximum Gasteiger partial charge on any atom is 0.490 e. The number of esters is 1. The van der Waals surface area contributed by atoms with Crippen molar-refractivity contribution in [3.63, 3.8) is 0 Å². The van der Waals surface area contributed by atoms with Gasteiger partial charge in [0.05, 0.1) is 13.2 Å². The van der Waals surface area contributed by atoms with E-state index in [0.717, 1.165) is 64.7 Å². The van der Waals surface area contributed by atoms with E-state index in [9.17, 15) is 27.6 Å². The molecule has 3 saturated heterocycles. The number of nitrogens with zero attached hydrogens (tertiary/aromatic N) is 3. The van der Waals surface area contributed by atoms with Gasteiger partial charge in [-0.3, -0.25) is 5.01 Å². The van der Waals surface area contributed by atoms with E-state index < -0.39 is 23.7 Å². The van der Waals surface area contributed by atoms with Crippen molar-refractivity contribution in [1.29, 1.82) is 0 Å². The molecule has 198 valence electrons. The largest absolute Gasteiger partial charge is 0.490 e. The second-order valence-electron chi connectivity index (χ2n) is 8.70. The Bertz CT molecular complexity index is 793. The molecule has 13 heteroatoms. The van der Waals surface area contributed by atoms with Crippen LogP contribution in [0.3, 0.4) is 0 Å². The molecule has 3 fully saturated rings. The van der Waals surface area contributed by atoms with Gasteiger partial charge in [0.2, 0.25) is 0 Å². The number of aliphatic carboxylic acids is 1. The fourth-order valence-electron chi connectivity index (χ4n) is 4.52. The Balaban J connectivity index is 0.000000540. The second kappa shape index (κ2) is 12.9. The van der Waals surface area contributed by atoms with Crippen molar-refractivity contribution in [2.45, 2.75) is 57.2 Å². The number of carbonyl (C=O) groups is 3. The lowest BCUT2D eigenvalue weighted by Crippen LogP contribution is -2.53. The summed E-state index contributed by atoms with van der Waals surface area (Å²) in [6.07, 6.45) is 2.24. The lowest BCUT2D eigenvalue weighted by atomic mass is 9.93. The fourth-order valence-corrected chi connectivity index (χ4v) is 4.52. The Labute approximate surface area is 202 Å². The lowest BCUT2D eigenvalue weighted by Gasteiger charge is -2.34. The van der Waals surface area contributed by atoms with Crippen molar-refractivity contribution in [3.8, 4) is 0 Å². The molecule has 0 aliphatic carbocycles. The number of amides is 2. The van der Waals surface area contributed by atoms with Crippen molar-refractivity contribution in [3.05, 3.63) is 6.08 Å². The molecule has 35 heavy (non-hydrogen) atoms. The maximum atomic E-state index is 13.3. The van der Waals surface area contributed by atoms with Gasteiger partial charge in [0.15, 0.2) is 5.54 Å². The fraction of sp³-hybridized carbons (Fsp3) is 0.773. The first kappa shape index (κ1) is 28.6. The van der Waals surface area contributed by atoms with Gasteiger partial charge in [-0.2, -0.15) is 13.2 Å². The zero-order valence-electron chi connectivity index (χ0n) is 19.8. The van der Waals surface area contributed by atoms with Gasteiger partial charge in [-0.05, 0) is 58.0 Å². The van der Waals surface area contributed by atoms with Crippen molar-refractivity contribution in [1.82, 2.24) is 20.2 Å². The highest BCUT2D eigenvalue weighted by Crippen LogP contribution is 2.33. The third-order valence-electron chi connectivity index (χ3n) is 6.39. The molecular formula is C22H33F3N4O6. The van der Waals surface area contributed by atoms with Crippen LogP contribution in [0.25, 0.3) is 0 Å². The van der Waals surface area contributed by atoms with E-state index in [-0.39, 0.29) is 19.2 Å². The van der Waals surface area contributed by atoms with Crippen LogP contribution in [0.5, 0.6) is 0 Å². The number of piperidine rings is 2. The summed E-state index contributed by atoms with van der Waals surface area (Å²) >= 11 is 0. The quantitative estimate of drug-likeness (QED) is 0.397. The molecular weight excluding hydrogens is 473 g/mol. The Kier molecular flexibility index (Phi) is 10.5. The molecule has 3 heterocycles. The monoisotopic (exact) mass is 506 g/mol. The van der Waals surface area contributed by atoms with E-state index in [1.165, 1.54) is 6.08 Å². The number of urea groups is 1. The Morgan fingerprint density at radius 3 is 2.34 bits per heavy atom. The van der Waals surface area contributed by atoms with Crippen LogP contribution < -0.4 is 5.32 Å². The molecule has 10 nitrogen and oxygen atoms in total. The number of hydrogen-bond donors (Lipinski definition) is 2. The van der Waals surface area contributed by atoms with Crippen LogP contribution >= 0.6 is 0 Å². The zero-order chi connectivity index (χ0) is 26.1. The molecule has 2 amide bonds. The van der Waals surface area contributed by atoms with E-state index in [4.69, 9.17) is 14.6 Å². The van der Waals surface area contributed by atoms with Gasteiger partial charge in [-0.1, -0.05) is 6.42 Å². The van der Waals surface area contributed by atoms with Crippen LogP contribution in [-0.2, 0) is 19.1 Å². The number of carbonyl (C=O) groups excluding carboxylic acids is 3. The number of rotatable bonds is 7. The smallest absolute Gasteiger partial charge is 0.475 e. The van der Waals surface area contributed by atoms with Crippen LogP contribution in [0.1, 0.15) is 45.4 Å².